The van der Waals surface area contributed by atoms with Crippen molar-refractivity contribution in [3.05, 3.63) is 54.6 Å². The fourth-order valence-electron chi connectivity index (χ4n) is 0.685. The Kier molecular flexibility index (Phi) is 3.00. The second kappa shape index (κ2) is 4.34. The van der Waals surface area contributed by atoms with Gasteiger partial charge >= 0.3 is 0 Å². The third-order valence-electron chi connectivity index (χ3n) is 1.20. The van der Waals surface area contributed by atoms with Crippen molar-refractivity contribution in [1.29, 1.82) is 0 Å². The van der Waals surface area contributed by atoms with Crippen LogP contribution in [-0.2, 0) is 0 Å². The van der Waals surface area contributed by atoms with E-state index < -0.39 is 0 Å². The van der Waals surface area contributed by atoms with Crippen molar-refractivity contribution in [2.24, 2.45) is 0 Å². The number of aromatic hydroxyl groups is 1. The van der Waals surface area contributed by atoms with E-state index in [1.165, 1.54) is 0 Å². The zero-order chi connectivity index (χ0) is 7.94. The molecule has 1 rings (SSSR count). The molecule has 0 spiro atoms. The van der Waals surface area contributed by atoms with Crippen LogP contribution < -0.4 is 0 Å². The molecule has 0 radical (unpaired) electrons. The van der Waals surface area contributed by atoms with Crippen LogP contribution in [0.5, 0.6) is 5.75 Å². The first-order valence-electron chi connectivity index (χ1n) is 3.47. The van der Waals surface area contributed by atoms with Crippen LogP contribution in [0.2, 0.25) is 0 Å². The van der Waals surface area contributed by atoms with Crippen LogP contribution in [0, 0.1) is 0 Å². The van der Waals surface area contributed by atoms with Crippen molar-refractivity contribution < 1.29 is 5.11 Å². The maximum atomic E-state index is 9.10. The number of hydrogen-bond acceptors (Lipinski definition) is 1. The molecule has 0 aliphatic heterocycles. The SMILES string of the molecule is Oc1ccccccccc1. The molecule has 0 aromatic heterocycles. The highest BCUT2D eigenvalue weighted by Crippen LogP contribution is 2.00. The topological polar surface area (TPSA) is 20.2 Å². The van der Waals surface area contributed by atoms with Gasteiger partial charge in [-0.05, 0) is 12.1 Å². The summed E-state index contributed by atoms with van der Waals surface area (Å²) >= 11 is 0. The van der Waals surface area contributed by atoms with Crippen LogP contribution in [-0.4, -0.2) is 5.11 Å². The van der Waals surface area contributed by atoms with Gasteiger partial charge in [0.25, 0.3) is 0 Å². The second-order valence-corrected chi connectivity index (χ2v) is 2.11. The van der Waals surface area contributed by atoms with E-state index in [4.69, 9.17) is 5.11 Å². The molecule has 0 saturated heterocycles. The molecule has 0 heterocycles. The van der Waals surface area contributed by atoms with Crippen molar-refractivity contribution in [3.63, 3.8) is 0 Å². The summed E-state index contributed by atoms with van der Waals surface area (Å²) < 4.78 is 0. The largest absolute Gasteiger partial charge is 0.508 e. The van der Waals surface area contributed by atoms with Gasteiger partial charge in [-0.1, -0.05) is 42.5 Å². The Morgan fingerprint density at radius 2 is 1.00 bits per heavy atom. The molecule has 0 atom stereocenters. The maximum absolute atomic E-state index is 9.10. The van der Waals surface area contributed by atoms with Crippen LogP contribution in [0.1, 0.15) is 0 Å². The molecule has 1 heteroatoms. The highest BCUT2D eigenvalue weighted by molar-refractivity contribution is 5.15. The van der Waals surface area contributed by atoms with Gasteiger partial charge in [-0.2, -0.15) is 0 Å². The Bertz CT molecular complexity index is 242. The van der Waals surface area contributed by atoms with Crippen LogP contribution >= 0.6 is 0 Å². The molecule has 0 bridgehead atoms. The van der Waals surface area contributed by atoms with Crippen molar-refractivity contribution in [2.75, 3.05) is 0 Å². The van der Waals surface area contributed by atoms with E-state index in [9.17, 15) is 0 Å². The van der Waals surface area contributed by atoms with Crippen molar-refractivity contribution >= 4 is 0 Å². The quantitative estimate of drug-likeness (QED) is 0.596. The highest BCUT2D eigenvalue weighted by atomic mass is 16.3. The van der Waals surface area contributed by atoms with E-state index in [1.54, 1.807) is 24.3 Å². The average molecular weight is 146 g/mol. The molecule has 56 valence electrons. The fraction of sp³-hybridized carbons (Fsp3) is 0. The van der Waals surface area contributed by atoms with Crippen LogP contribution in [0.4, 0.5) is 0 Å². The van der Waals surface area contributed by atoms with Gasteiger partial charge in [0.2, 0.25) is 0 Å². The molecule has 0 fully saturated rings. The fourth-order valence-corrected chi connectivity index (χ4v) is 0.685. The lowest BCUT2D eigenvalue weighted by Gasteiger charge is -1.80. The average Bonchev–Trinajstić information content (AvgIpc) is 2.03. The Labute approximate surface area is 66.3 Å². The molecule has 0 unspecified atom stereocenters. The van der Waals surface area contributed by atoms with Gasteiger partial charge in [-0.15, -0.1) is 0 Å². The first kappa shape index (κ1) is 7.61. The summed E-state index contributed by atoms with van der Waals surface area (Å²) in [7, 11) is 0. The molecule has 1 aromatic rings. The summed E-state index contributed by atoms with van der Waals surface area (Å²) in [5, 5.41) is 9.10. The predicted molar refractivity (Wildman–Crippen MR) is 45.7 cm³/mol. The van der Waals surface area contributed by atoms with Gasteiger partial charge in [0, 0.05) is 0 Å². The summed E-state index contributed by atoms with van der Waals surface area (Å²) in [6.45, 7) is 0. The smallest absolute Gasteiger partial charge is 0.115 e. The third kappa shape index (κ3) is 3.26. The first-order chi connectivity index (χ1) is 5.39. The van der Waals surface area contributed by atoms with Gasteiger partial charge in [0.05, 0.1) is 0 Å². The van der Waals surface area contributed by atoms with Crippen molar-refractivity contribution in [3.8, 4) is 5.75 Å². The van der Waals surface area contributed by atoms with E-state index in [-0.39, 0.29) is 5.75 Å². The normalized spacial score (nSPS) is 8.36. The molecular weight excluding hydrogens is 136 g/mol. The summed E-state index contributed by atoms with van der Waals surface area (Å²) in [5.74, 6) is 0.265. The zero-order valence-electron chi connectivity index (χ0n) is 6.14. The van der Waals surface area contributed by atoms with E-state index >= 15 is 0 Å². The maximum Gasteiger partial charge on any atom is 0.115 e. The molecule has 0 amide bonds. The van der Waals surface area contributed by atoms with Crippen LogP contribution in [0.25, 0.3) is 0 Å². The molecule has 0 saturated carbocycles. The van der Waals surface area contributed by atoms with Gasteiger partial charge < -0.3 is 5.11 Å². The summed E-state index contributed by atoms with van der Waals surface area (Å²) in [5.41, 5.74) is 0. The van der Waals surface area contributed by atoms with Gasteiger partial charge in [0.15, 0.2) is 0 Å². The molecule has 1 nitrogen and oxygen atoms in total. The predicted octanol–water partition coefficient (Wildman–Crippen LogP) is 2.52. The van der Waals surface area contributed by atoms with Crippen molar-refractivity contribution in [1.82, 2.24) is 0 Å². The number of hydrogen-bond donors (Lipinski definition) is 1. The van der Waals surface area contributed by atoms with E-state index in [0.29, 0.717) is 0 Å². The monoisotopic (exact) mass is 146 g/mol. The second-order valence-electron chi connectivity index (χ2n) is 2.11. The lowest BCUT2D eigenvalue weighted by molar-refractivity contribution is 0.476. The molecule has 0 aliphatic carbocycles. The Hall–Kier alpha value is -1.50. The zero-order valence-corrected chi connectivity index (χ0v) is 6.14. The standard InChI is InChI=1S/C10H10O/c11-10-8-6-4-2-1-3-5-7-9-10/h1-9,11H. The molecule has 11 heavy (non-hydrogen) atoms. The Morgan fingerprint density at radius 3 is 1.45 bits per heavy atom. The summed E-state index contributed by atoms with van der Waals surface area (Å²) in [6, 6.07) is 16.3. The summed E-state index contributed by atoms with van der Waals surface area (Å²) in [6.07, 6.45) is 0. The van der Waals surface area contributed by atoms with Crippen LogP contribution in [0.3, 0.4) is 0 Å². The minimum absolute atomic E-state index is 0.265. The Balaban J connectivity index is 3.11. The van der Waals surface area contributed by atoms with Gasteiger partial charge in [-0.3, -0.25) is 0 Å². The van der Waals surface area contributed by atoms with Gasteiger partial charge in [0.1, 0.15) is 5.75 Å². The molecule has 0 aliphatic rings. The van der Waals surface area contributed by atoms with Crippen LogP contribution in [0.15, 0.2) is 54.6 Å². The lowest BCUT2D eigenvalue weighted by atomic mass is 10.4. The highest BCUT2D eigenvalue weighted by Gasteiger charge is 1.72. The van der Waals surface area contributed by atoms with E-state index in [0.717, 1.165) is 0 Å². The third-order valence-corrected chi connectivity index (χ3v) is 1.20. The van der Waals surface area contributed by atoms with E-state index in [1.807, 2.05) is 30.3 Å². The van der Waals surface area contributed by atoms with Crippen molar-refractivity contribution in [2.45, 2.75) is 0 Å². The first-order valence-corrected chi connectivity index (χ1v) is 3.47. The summed E-state index contributed by atoms with van der Waals surface area (Å²) in [4.78, 5) is 0. The Morgan fingerprint density at radius 1 is 0.636 bits per heavy atom. The van der Waals surface area contributed by atoms with Gasteiger partial charge in [-0.25, -0.2) is 0 Å². The van der Waals surface area contributed by atoms with E-state index in [2.05, 4.69) is 0 Å². The molecule has 1 N–H and O–H groups in total. The minimum Gasteiger partial charge on any atom is -0.508 e. The lowest BCUT2D eigenvalue weighted by Crippen LogP contribution is -1.54. The number of rotatable bonds is 0. The molecular formula is C10H10O. The minimum atomic E-state index is 0.265. The molecule has 1 aromatic carbocycles.